The topological polar surface area (TPSA) is 40.6 Å². The van der Waals surface area contributed by atoms with E-state index in [1.807, 2.05) is 13.1 Å². The molecular weight excluding hydrogens is 401 g/mol. The van der Waals surface area contributed by atoms with Crippen LogP contribution in [0.1, 0.15) is 31.2 Å². The average Bonchev–Trinajstić information content (AvgIpc) is 2.67. The van der Waals surface area contributed by atoms with E-state index in [4.69, 9.17) is 0 Å². The van der Waals surface area contributed by atoms with E-state index in [9.17, 15) is 21.6 Å². The second-order valence-corrected chi connectivity index (χ2v) is 9.55. The smallest absolute Gasteiger partial charge is 0.299 e. The molecule has 0 spiro atoms. The molecule has 4 nitrogen and oxygen atoms in total. The molecule has 0 N–H and O–H groups in total. The van der Waals surface area contributed by atoms with Gasteiger partial charge >= 0.3 is 6.18 Å². The first-order chi connectivity index (χ1) is 13.6. The molecule has 1 fully saturated rings. The number of halogens is 3. The molecule has 1 saturated carbocycles. The Morgan fingerprint density at radius 3 is 2.17 bits per heavy atom. The standard InChI is InChI=1S/C21H29F3N2O2S/c1-4-15-25(2)16-5-6-17-7-11-19(12-8-17)26(3)29(27,28)20-13-9-18(10-14-20)21(22,23)24/h4-6,9-10,13-14,17,19H,1,7-8,11-12,15-16H2,2-3H3/t17-,19-. The number of rotatable bonds is 8. The molecule has 0 aliphatic heterocycles. The van der Waals surface area contributed by atoms with Crippen molar-refractivity contribution in [2.45, 2.75) is 42.8 Å². The molecule has 8 heteroatoms. The molecule has 2 rings (SSSR count). The van der Waals surface area contributed by atoms with Crippen LogP contribution in [0, 0.1) is 5.92 Å². The molecule has 0 unspecified atom stereocenters. The maximum Gasteiger partial charge on any atom is 0.416 e. The molecule has 1 aromatic rings. The summed E-state index contributed by atoms with van der Waals surface area (Å²) in [4.78, 5) is 2.03. The third-order valence-electron chi connectivity index (χ3n) is 5.38. The van der Waals surface area contributed by atoms with Crippen LogP contribution in [0.25, 0.3) is 0 Å². The number of hydrogen-bond donors (Lipinski definition) is 0. The lowest BCUT2D eigenvalue weighted by atomic mass is 9.86. The molecular formula is C21H29F3N2O2S. The largest absolute Gasteiger partial charge is 0.416 e. The number of alkyl halides is 3. The molecule has 162 valence electrons. The number of likely N-dealkylation sites (N-methyl/N-ethyl adjacent to an activating group) is 1. The Morgan fingerprint density at radius 1 is 1.07 bits per heavy atom. The van der Waals surface area contributed by atoms with Crippen LogP contribution in [0.2, 0.25) is 0 Å². The normalized spacial score (nSPS) is 21.2. The van der Waals surface area contributed by atoms with Crippen LogP contribution in [0.3, 0.4) is 0 Å². The van der Waals surface area contributed by atoms with Crippen molar-refractivity contribution in [1.29, 1.82) is 0 Å². The first kappa shape index (κ1) is 23.6. The fourth-order valence-electron chi connectivity index (χ4n) is 3.56. The van der Waals surface area contributed by atoms with Crippen molar-refractivity contribution in [3.8, 4) is 0 Å². The Hall–Kier alpha value is -1.64. The zero-order valence-corrected chi connectivity index (χ0v) is 17.7. The van der Waals surface area contributed by atoms with Crippen molar-refractivity contribution in [1.82, 2.24) is 9.21 Å². The Morgan fingerprint density at radius 2 is 1.66 bits per heavy atom. The highest BCUT2D eigenvalue weighted by Gasteiger charge is 2.33. The lowest BCUT2D eigenvalue weighted by molar-refractivity contribution is -0.137. The molecule has 0 atom stereocenters. The van der Waals surface area contributed by atoms with Crippen molar-refractivity contribution in [2.75, 3.05) is 27.2 Å². The summed E-state index contributed by atoms with van der Waals surface area (Å²) in [6.45, 7) is 5.38. The molecule has 0 bridgehead atoms. The van der Waals surface area contributed by atoms with Crippen LogP contribution in [0.5, 0.6) is 0 Å². The summed E-state index contributed by atoms with van der Waals surface area (Å²) in [6.07, 6.45) is 4.93. The summed E-state index contributed by atoms with van der Waals surface area (Å²) in [5, 5.41) is 0. The molecule has 0 amide bonds. The molecule has 1 aromatic carbocycles. The van der Waals surface area contributed by atoms with Crippen LogP contribution in [-0.2, 0) is 16.2 Å². The van der Waals surface area contributed by atoms with E-state index in [0.717, 1.165) is 63.0 Å². The summed E-state index contributed by atoms with van der Waals surface area (Å²) in [5.74, 6) is 0.422. The zero-order chi connectivity index (χ0) is 21.7. The van der Waals surface area contributed by atoms with Crippen LogP contribution in [0.4, 0.5) is 13.2 Å². The van der Waals surface area contributed by atoms with Gasteiger partial charge in [-0.1, -0.05) is 18.2 Å². The second kappa shape index (κ2) is 9.91. The van der Waals surface area contributed by atoms with Crippen LogP contribution >= 0.6 is 0 Å². The molecule has 29 heavy (non-hydrogen) atoms. The Kier molecular flexibility index (Phi) is 8.08. The zero-order valence-electron chi connectivity index (χ0n) is 16.9. The first-order valence-electron chi connectivity index (χ1n) is 9.67. The van der Waals surface area contributed by atoms with E-state index in [1.165, 1.54) is 11.4 Å². The van der Waals surface area contributed by atoms with Crippen molar-refractivity contribution in [3.63, 3.8) is 0 Å². The fourth-order valence-corrected chi connectivity index (χ4v) is 4.98. The summed E-state index contributed by atoms with van der Waals surface area (Å²) in [6, 6.07) is 3.54. The lowest BCUT2D eigenvalue weighted by Gasteiger charge is -2.33. The van der Waals surface area contributed by atoms with E-state index < -0.39 is 21.8 Å². The van der Waals surface area contributed by atoms with E-state index in [1.54, 1.807) is 0 Å². The van der Waals surface area contributed by atoms with Crippen LogP contribution in [-0.4, -0.2) is 50.8 Å². The third kappa shape index (κ3) is 6.42. The van der Waals surface area contributed by atoms with Crippen molar-refractivity contribution in [3.05, 3.63) is 54.6 Å². The van der Waals surface area contributed by atoms with Gasteiger partial charge in [0.25, 0.3) is 0 Å². The maximum absolute atomic E-state index is 12.8. The minimum absolute atomic E-state index is 0.111. The fraction of sp³-hybridized carbons (Fsp3) is 0.524. The highest BCUT2D eigenvalue weighted by Crippen LogP contribution is 2.32. The van der Waals surface area contributed by atoms with Gasteiger partial charge in [0.1, 0.15) is 0 Å². The molecule has 0 heterocycles. The molecule has 0 radical (unpaired) electrons. The summed E-state index contributed by atoms with van der Waals surface area (Å²) < 4.78 is 65.0. The van der Waals surface area contributed by atoms with Gasteiger partial charge in [-0.25, -0.2) is 8.42 Å². The number of hydrogen-bond acceptors (Lipinski definition) is 3. The first-order valence-corrected chi connectivity index (χ1v) is 11.1. The van der Waals surface area contributed by atoms with Crippen molar-refractivity contribution < 1.29 is 21.6 Å². The third-order valence-corrected chi connectivity index (χ3v) is 7.30. The van der Waals surface area contributed by atoms with E-state index >= 15 is 0 Å². The van der Waals surface area contributed by atoms with Crippen LogP contribution < -0.4 is 0 Å². The number of benzene rings is 1. The van der Waals surface area contributed by atoms with Crippen molar-refractivity contribution >= 4 is 10.0 Å². The predicted molar refractivity (Wildman–Crippen MR) is 109 cm³/mol. The molecule has 0 saturated heterocycles. The lowest BCUT2D eigenvalue weighted by Crippen LogP contribution is -2.39. The van der Waals surface area contributed by atoms with Gasteiger partial charge in [0.2, 0.25) is 10.0 Å². The van der Waals surface area contributed by atoms with Gasteiger partial charge in [-0.3, -0.25) is 4.90 Å². The van der Waals surface area contributed by atoms with Gasteiger partial charge in [0, 0.05) is 26.2 Å². The van der Waals surface area contributed by atoms with E-state index in [-0.39, 0.29) is 10.9 Å². The predicted octanol–water partition coefficient (Wildman–Crippen LogP) is 4.56. The van der Waals surface area contributed by atoms with Gasteiger partial charge in [0.15, 0.2) is 0 Å². The van der Waals surface area contributed by atoms with Gasteiger partial charge in [-0.2, -0.15) is 17.5 Å². The highest BCUT2D eigenvalue weighted by atomic mass is 32.2. The minimum atomic E-state index is -4.49. The molecule has 1 aliphatic carbocycles. The second-order valence-electron chi connectivity index (χ2n) is 7.55. The number of allylic oxidation sites excluding steroid dienone is 1. The van der Waals surface area contributed by atoms with Gasteiger partial charge in [-0.05, 0) is 62.9 Å². The average molecular weight is 431 g/mol. The van der Waals surface area contributed by atoms with E-state index in [0.29, 0.717) is 5.92 Å². The van der Waals surface area contributed by atoms with Gasteiger partial charge in [0.05, 0.1) is 10.5 Å². The Balaban J connectivity index is 1.94. The van der Waals surface area contributed by atoms with Gasteiger partial charge < -0.3 is 0 Å². The summed E-state index contributed by atoms with van der Waals surface area (Å²) in [7, 11) is -0.291. The molecule has 1 aliphatic rings. The number of nitrogens with zero attached hydrogens (tertiary/aromatic N) is 2. The highest BCUT2D eigenvalue weighted by molar-refractivity contribution is 7.89. The van der Waals surface area contributed by atoms with Gasteiger partial charge in [-0.15, -0.1) is 6.58 Å². The van der Waals surface area contributed by atoms with Crippen molar-refractivity contribution in [2.24, 2.45) is 5.92 Å². The quantitative estimate of drug-likeness (QED) is 0.568. The van der Waals surface area contributed by atoms with E-state index in [2.05, 4.69) is 23.6 Å². The minimum Gasteiger partial charge on any atom is -0.299 e. The molecule has 0 aromatic heterocycles. The Labute approximate surface area is 171 Å². The van der Waals surface area contributed by atoms with Crippen LogP contribution in [0.15, 0.2) is 54.0 Å². The Bertz CT molecular complexity index is 796. The maximum atomic E-state index is 12.8. The summed E-state index contributed by atoms with van der Waals surface area (Å²) in [5.41, 5.74) is -0.856. The SMILES string of the molecule is C=CCN(C)CC=C[C@H]1CC[C@H](N(C)S(=O)(=O)c2ccc(C(F)(F)F)cc2)CC1. The monoisotopic (exact) mass is 430 g/mol. The number of sulfonamides is 1. The summed E-state index contributed by atoms with van der Waals surface area (Å²) >= 11 is 0.